The van der Waals surface area contributed by atoms with Gasteiger partial charge in [-0.1, -0.05) is 36.4 Å². The maximum Gasteiger partial charge on any atom is 0.224 e. The Hall–Kier alpha value is -1.75. The van der Waals surface area contributed by atoms with Gasteiger partial charge in [0.2, 0.25) is 5.91 Å². The minimum absolute atomic E-state index is 0. The zero-order valence-corrected chi connectivity index (χ0v) is 16.5. The first-order valence-electron chi connectivity index (χ1n) is 8.61. The normalized spacial score (nSPS) is 13.5. The van der Waals surface area contributed by atoms with Gasteiger partial charge in [-0.2, -0.15) is 0 Å². The standard InChI is InChI=1S/C20H25N3O.2ClH/c21-19-9-7-16(8-10-19)13-20(24)22-14-17-5-1-2-6-18(17)15-23-11-3-4-12-23;;/h1-2,5-10H,3-4,11-15,21H2,(H,22,24);2*1H. The number of amides is 1. The molecule has 26 heavy (non-hydrogen) atoms. The molecule has 1 aliphatic rings. The topological polar surface area (TPSA) is 58.4 Å². The molecule has 2 aromatic rings. The fraction of sp³-hybridized carbons (Fsp3) is 0.350. The third-order valence-electron chi connectivity index (χ3n) is 4.53. The largest absolute Gasteiger partial charge is 0.399 e. The lowest BCUT2D eigenvalue weighted by Crippen LogP contribution is -2.26. The van der Waals surface area contributed by atoms with Crippen molar-refractivity contribution in [2.45, 2.75) is 32.4 Å². The summed E-state index contributed by atoms with van der Waals surface area (Å²) in [5, 5.41) is 3.04. The van der Waals surface area contributed by atoms with Gasteiger partial charge < -0.3 is 11.1 Å². The molecule has 0 bridgehead atoms. The first-order chi connectivity index (χ1) is 11.7. The monoisotopic (exact) mass is 395 g/mol. The molecule has 0 aliphatic carbocycles. The van der Waals surface area contributed by atoms with Gasteiger partial charge in [-0.3, -0.25) is 9.69 Å². The van der Waals surface area contributed by atoms with Crippen molar-refractivity contribution in [3.63, 3.8) is 0 Å². The summed E-state index contributed by atoms with van der Waals surface area (Å²) in [4.78, 5) is 14.7. The third-order valence-corrected chi connectivity index (χ3v) is 4.53. The number of rotatable bonds is 6. The van der Waals surface area contributed by atoms with E-state index in [0.29, 0.717) is 13.0 Å². The van der Waals surface area contributed by atoms with Crippen LogP contribution in [0.1, 0.15) is 29.5 Å². The number of anilines is 1. The van der Waals surface area contributed by atoms with E-state index in [-0.39, 0.29) is 30.7 Å². The highest BCUT2D eigenvalue weighted by Crippen LogP contribution is 2.16. The van der Waals surface area contributed by atoms with E-state index in [4.69, 9.17) is 5.73 Å². The van der Waals surface area contributed by atoms with E-state index in [1.54, 1.807) is 0 Å². The van der Waals surface area contributed by atoms with Crippen LogP contribution < -0.4 is 11.1 Å². The Morgan fingerprint density at radius 3 is 2.23 bits per heavy atom. The predicted octanol–water partition coefficient (Wildman–Crippen LogP) is 3.57. The number of carbonyl (C=O) groups excluding carboxylic acids is 1. The van der Waals surface area contributed by atoms with Crippen molar-refractivity contribution in [2.24, 2.45) is 0 Å². The lowest BCUT2D eigenvalue weighted by Gasteiger charge is -2.17. The van der Waals surface area contributed by atoms with Crippen molar-refractivity contribution in [2.75, 3.05) is 18.8 Å². The van der Waals surface area contributed by atoms with Crippen LogP contribution in [0, 0.1) is 0 Å². The molecule has 4 nitrogen and oxygen atoms in total. The van der Waals surface area contributed by atoms with Crippen molar-refractivity contribution >= 4 is 36.4 Å². The van der Waals surface area contributed by atoms with Gasteiger partial charge in [0.15, 0.2) is 0 Å². The van der Waals surface area contributed by atoms with E-state index in [1.165, 1.54) is 37.1 Å². The van der Waals surface area contributed by atoms with Gasteiger partial charge in [0, 0.05) is 18.8 Å². The number of hydrogen-bond acceptors (Lipinski definition) is 3. The molecule has 0 atom stereocenters. The molecule has 1 fully saturated rings. The van der Waals surface area contributed by atoms with Gasteiger partial charge in [-0.15, -0.1) is 24.8 Å². The number of likely N-dealkylation sites (tertiary alicyclic amines) is 1. The minimum atomic E-state index is 0. The Balaban J connectivity index is 0.00000169. The predicted molar refractivity (Wildman–Crippen MR) is 112 cm³/mol. The van der Waals surface area contributed by atoms with Crippen molar-refractivity contribution in [1.29, 1.82) is 0 Å². The van der Waals surface area contributed by atoms with Crippen LogP contribution in [0.3, 0.4) is 0 Å². The fourth-order valence-electron chi connectivity index (χ4n) is 3.14. The highest BCUT2D eigenvalue weighted by Gasteiger charge is 2.13. The van der Waals surface area contributed by atoms with E-state index in [1.807, 2.05) is 30.3 Å². The van der Waals surface area contributed by atoms with E-state index in [0.717, 1.165) is 17.8 Å². The van der Waals surface area contributed by atoms with Crippen LogP contribution in [0.4, 0.5) is 5.69 Å². The molecule has 0 unspecified atom stereocenters. The summed E-state index contributed by atoms with van der Waals surface area (Å²) >= 11 is 0. The van der Waals surface area contributed by atoms with Crippen molar-refractivity contribution in [3.8, 4) is 0 Å². The molecular formula is C20H27Cl2N3O. The second-order valence-electron chi connectivity index (χ2n) is 6.45. The first-order valence-corrected chi connectivity index (χ1v) is 8.61. The van der Waals surface area contributed by atoms with Gasteiger partial charge in [-0.05, 0) is 54.8 Å². The number of benzene rings is 2. The summed E-state index contributed by atoms with van der Waals surface area (Å²) in [6.45, 7) is 3.91. The summed E-state index contributed by atoms with van der Waals surface area (Å²) in [5.41, 5.74) is 9.88. The molecule has 3 N–H and O–H groups in total. The molecule has 0 spiro atoms. The summed E-state index contributed by atoms with van der Waals surface area (Å²) in [6, 6.07) is 15.8. The fourth-order valence-corrected chi connectivity index (χ4v) is 3.14. The summed E-state index contributed by atoms with van der Waals surface area (Å²) in [5.74, 6) is 0.0377. The van der Waals surface area contributed by atoms with Crippen LogP contribution in [-0.4, -0.2) is 23.9 Å². The molecule has 1 heterocycles. The third kappa shape index (κ3) is 6.52. The lowest BCUT2D eigenvalue weighted by atomic mass is 10.1. The molecule has 2 aromatic carbocycles. The first kappa shape index (κ1) is 22.3. The molecule has 0 radical (unpaired) electrons. The molecule has 1 saturated heterocycles. The second-order valence-corrected chi connectivity index (χ2v) is 6.45. The summed E-state index contributed by atoms with van der Waals surface area (Å²) in [6.07, 6.45) is 2.97. The van der Waals surface area contributed by atoms with E-state index >= 15 is 0 Å². The van der Waals surface area contributed by atoms with Crippen LogP contribution in [0.15, 0.2) is 48.5 Å². The Kier molecular flexibility index (Phi) is 9.49. The Morgan fingerprint density at radius 2 is 1.58 bits per heavy atom. The molecule has 1 amide bonds. The summed E-state index contributed by atoms with van der Waals surface area (Å²) < 4.78 is 0. The summed E-state index contributed by atoms with van der Waals surface area (Å²) in [7, 11) is 0. The van der Waals surface area contributed by atoms with Crippen LogP contribution >= 0.6 is 24.8 Å². The quantitative estimate of drug-likeness (QED) is 0.734. The van der Waals surface area contributed by atoms with Crippen molar-refractivity contribution < 1.29 is 4.79 Å². The van der Waals surface area contributed by atoms with E-state index < -0.39 is 0 Å². The SMILES string of the molecule is Cl.Cl.Nc1ccc(CC(=O)NCc2ccccc2CN2CCCC2)cc1. The van der Waals surface area contributed by atoms with Gasteiger partial charge in [0.1, 0.15) is 0 Å². The molecule has 0 saturated carbocycles. The molecule has 142 valence electrons. The highest BCUT2D eigenvalue weighted by atomic mass is 35.5. The van der Waals surface area contributed by atoms with Crippen LogP contribution in [0.25, 0.3) is 0 Å². The number of nitrogen functional groups attached to an aromatic ring is 1. The van der Waals surface area contributed by atoms with Gasteiger partial charge >= 0.3 is 0 Å². The minimum Gasteiger partial charge on any atom is -0.399 e. The molecule has 0 aromatic heterocycles. The number of carbonyl (C=O) groups is 1. The van der Waals surface area contributed by atoms with Gasteiger partial charge in [0.25, 0.3) is 0 Å². The maximum absolute atomic E-state index is 12.2. The van der Waals surface area contributed by atoms with E-state index in [2.05, 4.69) is 28.4 Å². The Labute approximate surface area is 168 Å². The average Bonchev–Trinajstić information content (AvgIpc) is 3.09. The maximum atomic E-state index is 12.2. The second kappa shape index (κ2) is 11.1. The van der Waals surface area contributed by atoms with E-state index in [9.17, 15) is 4.79 Å². The van der Waals surface area contributed by atoms with Crippen molar-refractivity contribution in [1.82, 2.24) is 10.2 Å². The average molecular weight is 396 g/mol. The molecular weight excluding hydrogens is 369 g/mol. The highest BCUT2D eigenvalue weighted by molar-refractivity contribution is 5.85. The number of nitrogens with one attached hydrogen (secondary N) is 1. The van der Waals surface area contributed by atoms with Crippen LogP contribution in [0.2, 0.25) is 0 Å². The van der Waals surface area contributed by atoms with Crippen LogP contribution in [-0.2, 0) is 24.3 Å². The Morgan fingerprint density at radius 1 is 0.962 bits per heavy atom. The molecule has 3 rings (SSSR count). The zero-order chi connectivity index (χ0) is 16.8. The number of nitrogens with two attached hydrogens (primary N) is 1. The van der Waals surface area contributed by atoms with Crippen LogP contribution in [0.5, 0.6) is 0 Å². The molecule has 6 heteroatoms. The lowest BCUT2D eigenvalue weighted by molar-refractivity contribution is -0.120. The smallest absolute Gasteiger partial charge is 0.224 e. The number of halogens is 2. The van der Waals surface area contributed by atoms with Gasteiger partial charge in [0.05, 0.1) is 6.42 Å². The molecule has 1 aliphatic heterocycles. The van der Waals surface area contributed by atoms with Gasteiger partial charge in [-0.25, -0.2) is 0 Å². The number of hydrogen-bond donors (Lipinski definition) is 2. The zero-order valence-electron chi connectivity index (χ0n) is 14.8. The van der Waals surface area contributed by atoms with Crippen molar-refractivity contribution in [3.05, 3.63) is 65.2 Å². The Bertz CT molecular complexity index is 686. The number of nitrogens with zero attached hydrogens (tertiary/aromatic N) is 1.